The molecule has 0 aromatic heterocycles. The van der Waals surface area contributed by atoms with Gasteiger partial charge in [-0.15, -0.1) is 0 Å². The molecular formula is C10H19F3N2O2. The molecule has 1 unspecified atom stereocenters. The number of ether oxygens (including phenoxy) is 1. The van der Waals surface area contributed by atoms with Crippen molar-refractivity contribution in [2.45, 2.75) is 32.0 Å². The molecule has 17 heavy (non-hydrogen) atoms. The monoisotopic (exact) mass is 256 g/mol. The summed E-state index contributed by atoms with van der Waals surface area (Å²) in [5.74, 6) is -0.612. The number of hydrogen-bond donors (Lipinski definition) is 1. The SMILES string of the molecule is CCOC(=O)C(C)(N)CN(C)CCC(F)(F)F. The van der Waals surface area contributed by atoms with Crippen molar-refractivity contribution in [3.05, 3.63) is 0 Å². The standard InChI is InChI=1S/C10H19F3N2O2/c1-4-17-8(16)9(2,14)7-15(3)6-5-10(11,12)13/h4-7,14H2,1-3H3. The second-order valence-electron chi connectivity index (χ2n) is 4.24. The number of esters is 1. The van der Waals surface area contributed by atoms with E-state index in [0.717, 1.165) is 0 Å². The maximum Gasteiger partial charge on any atom is 0.390 e. The van der Waals surface area contributed by atoms with Gasteiger partial charge in [0, 0.05) is 13.1 Å². The Bertz CT molecular complexity index is 254. The smallest absolute Gasteiger partial charge is 0.390 e. The van der Waals surface area contributed by atoms with Crippen molar-refractivity contribution in [3.8, 4) is 0 Å². The van der Waals surface area contributed by atoms with Crippen molar-refractivity contribution < 1.29 is 22.7 Å². The van der Waals surface area contributed by atoms with Gasteiger partial charge in [-0.3, -0.25) is 4.79 Å². The molecule has 0 fully saturated rings. The predicted molar refractivity (Wildman–Crippen MR) is 57.4 cm³/mol. The third-order valence-corrected chi connectivity index (χ3v) is 2.12. The first kappa shape index (κ1) is 16.2. The highest BCUT2D eigenvalue weighted by molar-refractivity contribution is 5.80. The molecule has 102 valence electrons. The van der Waals surface area contributed by atoms with Gasteiger partial charge in [0.15, 0.2) is 0 Å². The number of rotatable bonds is 6. The molecule has 0 saturated heterocycles. The fraction of sp³-hybridized carbons (Fsp3) is 0.900. The van der Waals surface area contributed by atoms with Crippen LogP contribution in [0.2, 0.25) is 0 Å². The van der Waals surface area contributed by atoms with Crippen molar-refractivity contribution in [2.24, 2.45) is 5.73 Å². The van der Waals surface area contributed by atoms with Crippen LogP contribution in [0.5, 0.6) is 0 Å². The molecule has 0 spiro atoms. The van der Waals surface area contributed by atoms with Crippen LogP contribution in [0.15, 0.2) is 0 Å². The van der Waals surface area contributed by atoms with E-state index >= 15 is 0 Å². The third kappa shape index (κ3) is 7.17. The maximum absolute atomic E-state index is 12.0. The summed E-state index contributed by atoms with van der Waals surface area (Å²) >= 11 is 0. The number of carbonyl (C=O) groups excluding carboxylic acids is 1. The van der Waals surface area contributed by atoms with Gasteiger partial charge in [0.1, 0.15) is 5.54 Å². The van der Waals surface area contributed by atoms with Crippen LogP contribution >= 0.6 is 0 Å². The number of halogens is 3. The summed E-state index contributed by atoms with van der Waals surface area (Å²) < 4.78 is 40.7. The van der Waals surface area contributed by atoms with E-state index in [1.807, 2.05) is 0 Å². The zero-order chi connectivity index (χ0) is 13.7. The van der Waals surface area contributed by atoms with Crippen LogP contribution in [-0.2, 0) is 9.53 Å². The van der Waals surface area contributed by atoms with Crippen molar-refractivity contribution in [1.29, 1.82) is 0 Å². The van der Waals surface area contributed by atoms with Gasteiger partial charge in [0.2, 0.25) is 0 Å². The molecular weight excluding hydrogens is 237 g/mol. The Hall–Kier alpha value is -0.820. The van der Waals surface area contributed by atoms with E-state index in [-0.39, 0.29) is 19.7 Å². The molecule has 0 bridgehead atoms. The Kier molecular flexibility index (Phi) is 5.91. The first-order valence-electron chi connectivity index (χ1n) is 5.30. The molecule has 2 N–H and O–H groups in total. The summed E-state index contributed by atoms with van der Waals surface area (Å²) in [6.45, 7) is 3.09. The molecule has 0 aliphatic heterocycles. The van der Waals surface area contributed by atoms with E-state index in [1.54, 1.807) is 6.92 Å². The maximum atomic E-state index is 12.0. The minimum atomic E-state index is -4.21. The molecule has 0 rings (SSSR count). The Morgan fingerprint density at radius 2 is 1.94 bits per heavy atom. The van der Waals surface area contributed by atoms with Crippen LogP contribution < -0.4 is 5.73 Å². The van der Waals surface area contributed by atoms with Gasteiger partial charge in [-0.1, -0.05) is 0 Å². The Morgan fingerprint density at radius 1 is 1.41 bits per heavy atom. The lowest BCUT2D eigenvalue weighted by Crippen LogP contribution is -2.54. The highest BCUT2D eigenvalue weighted by atomic mass is 19.4. The first-order valence-corrected chi connectivity index (χ1v) is 5.30. The summed E-state index contributed by atoms with van der Waals surface area (Å²) in [6, 6.07) is 0. The molecule has 0 aromatic carbocycles. The molecule has 0 amide bonds. The zero-order valence-electron chi connectivity index (χ0n) is 10.3. The minimum Gasteiger partial charge on any atom is -0.465 e. The van der Waals surface area contributed by atoms with Crippen LogP contribution in [0, 0.1) is 0 Å². The van der Waals surface area contributed by atoms with Gasteiger partial charge in [-0.25, -0.2) is 0 Å². The fourth-order valence-electron chi connectivity index (χ4n) is 1.32. The highest BCUT2D eigenvalue weighted by Crippen LogP contribution is 2.19. The second kappa shape index (κ2) is 6.20. The van der Waals surface area contributed by atoms with E-state index < -0.39 is 24.1 Å². The van der Waals surface area contributed by atoms with Crippen molar-refractivity contribution in [1.82, 2.24) is 4.90 Å². The molecule has 0 aliphatic carbocycles. The van der Waals surface area contributed by atoms with Gasteiger partial charge >= 0.3 is 12.1 Å². The zero-order valence-corrected chi connectivity index (χ0v) is 10.3. The number of likely N-dealkylation sites (N-methyl/N-ethyl adjacent to an activating group) is 1. The van der Waals surface area contributed by atoms with E-state index in [1.165, 1.54) is 18.9 Å². The average Bonchev–Trinajstić information content (AvgIpc) is 2.13. The normalized spacial score (nSPS) is 15.8. The van der Waals surface area contributed by atoms with Crippen LogP contribution in [0.4, 0.5) is 13.2 Å². The van der Waals surface area contributed by atoms with Gasteiger partial charge in [-0.05, 0) is 20.9 Å². The lowest BCUT2D eigenvalue weighted by atomic mass is 10.0. The van der Waals surface area contributed by atoms with E-state index in [0.29, 0.717) is 0 Å². The van der Waals surface area contributed by atoms with Crippen molar-refractivity contribution in [3.63, 3.8) is 0 Å². The van der Waals surface area contributed by atoms with Gasteiger partial charge in [0.05, 0.1) is 13.0 Å². The summed E-state index contributed by atoms with van der Waals surface area (Å²) in [5.41, 5.74) is 4.39. The first-order chi connectivity index (χ1) is 7.58. The van der Waals surface area contributed by atoms with Gasteiger partial charge in [-0.2, -0.15) is 13.2 Å². The van der Waals surface area contributed by atoms with Crippen LogP contribution in [0.3, 0.4) is 0 Å². The molecule has 0 aliphatic rings. The Morgan fingerprint density at radius 3 is 2.35 bits per heavy atom. The third-order valence-electron chi connectivity index (χ3n) is 2.12. The molecule has 7 heteroatoms. The van der Waals surface area contributed by atoms with E-state index in [9.17, 15) is 18.0 Å². The number of hydrogen-bond acceptors (Lipinski definition) is 4. The lowest BCUT2D eigenvalue weighted by Gasteiger charge is -2.28. The number of nitrogens with two attached hydrogens (primary N) is 1. The second-order valence-corrected chi connectivity index (χ2v) is 4.24. The topological polar surface area (TPSA) is 55.6 Å². The highest BCUT2D eigenvalue weighted by Gasteiger charge is 2.33. The lowest BCUT2D eigenvalue weighted by molar-refractivity contribution is -0.150. The van der Waals surface area contributed by atoms with Gasteiger partial charge in [0.25, 0.3) is 0 Å². The van der Waals surface area contributed by atoms with Crippen LogP contribution in [-0.4, -0.2) is 49.3 Å². The Labute approximate surface area is 98.9 Å². The van der Waals surface area contributed by atoms with Crippen LogP contribution in [0.25, 0.3) is 0 Å². The number of carbonyl (C=O) groups is 1. The molecule has 4 nitrogen and oxygen atoms in total. The molecule has 1 atom stereocenters. The van der Waals surface area contributed by atoms with E-state index in [2.05, 4.69) is 0 Å². The molecule has 0 heterocycles. The summed E-state index contributed by atoms with van der Waals surface area (Å²) in [4.78, 5) is 12.8. The molecule has 0 saturated carbocycles. The van der Waals surface area contributed by atoms with Crippen molar-refractivity contribution >= 4 is 5.97 Å². The quantitative estimate of drug-likeness (QED) is 0.724. The summed E-state index contributed by atoms with van der Waals surface area (Å²) in [6.07, 6.45) is -5.13. The number of alkyl halides is 3. The average molecular weight is 256 g/mol. The largest absolute Gasteiger partial charge is 0.465 e. The minimum absolute atomic E-state index is 0.0158. The van der Waals surface area contributed by atoms with E-state index in [4.69, 9.17) is 10.5 Å². The molecule has 0 aromatic rings. The Balaban J connectivity index is 4.18. The van der Waals surface area contributed by atoms with Gasteiger partial charge < -0.3 is 15.4 Å². The predicted octanol–water partition coefficient (Wildman–Crippen LogP) is 1.15. The summed E-state index contributed by atoms with van der Waals surface area (Å²) in [7, 11) is 1.48. The number of nitrogens with zero attached hydrogens (tertiary/aromatic N) is 1. The van der Waals surface area contributed by atoms with Crippen molar-refractivity contribution in [2.75, 3.05) is 26.7 Å². The summed E-state index contributed by atoms with van der Waals surface area (Å²) in [5, 5.41) is 0. The van der Waals surface area contributed by atoms with Crippen LogP contribution in [0.1, 0.15) is 20.3 Å². The molecule has 0 radical (unpaired) electrons. The fourth-order valence-corrected chi connectivity index (χ4v) is 1.32.